The van der Waals surface area contributed by atoms with Gasteiger partial charge in [0.2, 0.25) is 0 Å². The van der Waals surface area contributed by atoms with Gasteiger partial charge in [-0.25, -0.2) is 4.79 Å². The first-order valence-corrected chi connectivity index (χ1v) is 5.86. The van der Waals surface area contributed by atoms with Gasteiger partial charge >= 0.3 is 5.97 Å². The Balaban J connectivity index is 3.05. The minimum atomic E-state index is -0.310. The van der Waals surface area contributed by atoms with Crippen LogP contribution in [0.3, 0.4) is 0 Å². The molecule has 0 unspecified atom stereocenters. The van der Waals surface area contributed by atoms with Crippen molar-refractivity contribution >= 4 is 11.8 Å². The lowest BCUT2D eigenvalue weighted by molar-refractivity contribution is -0.116. The standard InChI is InChI=1S/C14H18O3/c1-4-12-7-6-11(8-10(3)15)9-13(12)14(16)17-5-2/h6-7,9H,4-5,8H2,1-3H3. The van der Waals surface area contributed by atoms with E-state index in [0.29, 0.717) is 18.6 Å². The highest BCUT2D eigenvalue weighted by Gasteiger charge is 2.12. The summed E-state index contributed by atoms with van der Waals surface area (Å²) in [5, 5.41) is 0. The largest absolute Gasteiger partial charge is 0.462 e. The number of rotatable bonds is 5. The Kier molecular flexibility index (Phi) is 4.88. The first-order chi connectivity index (χ1) is 8.08. The summed E-state index contributed by atoms with van der Waals surface area (Å²) >= 11 is 0. The van der Waals surface area contributed by atoms with E-state index in [-0.39, 0.29) is 11.8 Å². The molecule has 0 N–H and O–H groups in total. The third-order valence-electron chi connectivity index (χ3n) is 2.50. The van der Waals surface area contributed by atoms with E-state index in [1.807, 2.05) is 19.1 Å². The highest BCUT2D eigenvalue weighted by molar-refractivity contribution is 5.91. The number of Topliss-reactive ketones (excluding diaryl/α,β-unsaturated/α-hetero) is 1. The lowest BCUT2D eigenvalue weighted by Gasteiger charge is -2.09. The summed E-state index contributed by atoms with van der Waals surface area (Å²) in [5.74, 6) is -0.223. The van der Waals surface area contributed by atoms with Gasteiger partial charge in [-0.15, -0.1) is 0 Å². The maximum Gasteiger partial charge on any atom is 0.338 e. The number of aryl methyl sites for hydroxylation is 1. The molecule has 0 bridgehead atoms. The van der Waals surface area contributed by atoms with E-state index in [1.165, 1.54) is 6.92 Å². The predicted molar refractivity (Wildman–Crippen MR) is 66.2 cm³/mol. The van der Waals surface area contributed by atoms with E-state index in [1.54, 1.807) is 13.0 Å². The van der Waals surface area contributed by atoms with Crippen LogP contribution in [0.5, 0.6) is 0 Å². The zero-order valence-electron chi connectivity index (χ0n) is 10.6. The number of hydrogen-bond acceptors (Lipinski definition) is 3. The molecule has 0 aliphatic heterocycles. The van der Waals surface area contributed by atoms with Crippen LogP contribution in [0.15, 0.2) is 18.2 Å². The molecule has 1 aromatic carbocycles. The SMILES string of the molecule is CCOC(=O)c1cc(CC(C)=O)ccc1CC. The van der Waals surface area contributed by atoms with Crippen molar-refractivity contribution in [2.24, 2.45) is 0 Å². The summed E-state index contributed by atoms with van der Waals surface area (Å²) in [5.41, 5.74) is 2.39. The summed E-state index contributed by atoms with van der Waals surface area (Å²) < 4.78 is 5.01. The van der Waals surface area contributed by atoms with Crippen molar-refractivity contribution in [1.82, 2.24) is 0 Å². The van der Waals surface area contributed by atoms with Crippen LogP contribution in [0.1, 0.15) is 42.3 Å². The smallest absolute Gasteiger partial charge is 0.338 e. The van der Waals surface area contributed by atoms with Gasteiger partial charge < -0.3 is 4.74 Å². The third kappa shape index (κ3) is 3.70. The number of ether oxygens (including phenoxy) is 1. The number of ketones is 1. The molecule has 0 spiro atoms. The van der Waals surface area contributed by atoms with E-state index < -0.39 is 0 Å². The van der Waals surface area contributed by atoms with E-state index in [2.05, 4.69) is 0 Å². The second-order valence-electron chi connectivity index (χ2n) is 3.94. The molecule has 0 saturated heterocycles. The Morgan fingerprint density at radius 3 is 2.47 bits per heavy atom. The van der Waals surface area contributed by atoms with Crippen LogP contribution in [0.25, 0.3) is 0 Å². The Labute approximate surface area is 102 Å². The number of esters is 1. The minimum Gasteiger partial charge on any atom is -0.462 e. The fourth-order valence-electron chi connectivity index (χ4n) is 1.73. The van der Waals surface area contributed by atoms with Gasteiger partial charge in [0.1, 0.15) is 5.78 Å². The molecule has 0 aliphatic rings. The molecule has 0 saturated carbocycles. The van der Waals surface area contributed by atoms with Crippen molar-refractivity contribution in [3.8, 4) is 0 Å². The molecule has 0 aliphatic carbocycles. The van der Waals surface area contributed by atoms with E-state index >= 15 is 0 Å². The van der Waals surface area contributed by atoms with Crippen molar-refractivity contribution < 1.29 is 14.3 Å². The normalized spacial score (nSPS) is 10.1. The van der Waals surface area contributed by atoms with E-state index in [0.717, 1.165) is 17.5 Å². The topological polar surface area (TPSA) is 43.4 Å². The van der Waals surface area contributed by atoms with Crippen molar-refractivity contribution in [1.29, 1.82) is 0 Å². The van der Waals surface area contributed by atoms with Crippen LogP contribution >= 0.6 is 0 Å². The lowest BCUT2D eigenvalue weighted by atomic mass is 9.99. The van der Waals surface area contributed by atoms with Crippen molar-refractivity contribution in [3.05, 3.63) is 34.9 Å². The maximum atomic E-state index is 11.8. The first kappa shape index (κ1) is 13.4. The van der Waals surface area contributed by atoms with E-state index in [9.17, 15) is 9.59 Å². The molecule has 0 fully saturated rings. The van der Waals surface area contributed by atoms with Crippen molar-refractivity contribution in [2.75, 3.05) is 6.61 Å². The average molecular weight is 234 g/mol. The monoisotopic (exact) mass is 234 g/mol. The fourth-order valence-corrected chi connectivity index (χ4v) is 1.73. The predicted octanol–water partition coefficient (Wildman–Crippen LogP) is 2.56. The van der Waals surface area contributed by atoms with Crippen molar-refractivity contribution in [3.63, 3.8) is 0 Å². The maximum absolute atomic E-state index is 11.8. The Morgan fingerprint density at radius 1 is 1.24 bits per heavy atom. The van der Waals surface area contributed by atoms with Gasteiger partial charge in [0.15, 0.2) is 0 Å². The van der Waals surface area contributed by atoms with Crippen molar-refractivity contribution in [2.45, 2.75) is 33.6 Å². The van der Waals surface area contributed by atoms with Crippen LogP contribution in [0.2, 0.25) is 0 Å². The quantitative estimate of drug-likeness (QED) is 0.735. The summed E-state index contributed by atoms with van der Waals surface area (Å²) in [6.07, 6.45) is 1.13. The number of carbonyl (C=O) groups excluding carboxylic acids is 2. The molecule has 92 valence electrons. The summed E-state index contributed by atoms with van der Waals surface area (Å²) in [6.45, 7) is 5.67. The van der Waals surface area contributed by atoms with Gasteiger partial charge in [-0.05, 0) is 37.5 Å². The molecule has 0 aromatic heterocycles. The highest BCUT2D eigenvalue weighted by atomic mass is 16.5. The minimum absolute atomic E-state index is 0.0871. The molecular weight excluding hydrogens is 216 g/mol. The molecule has 3 nitrogen and oxygen atoms in total. The number of benzene rings is 1. The molecule has 0 radical (unpaired) electrons. The highest BCUT2D eigenvalue weighted by Crippen LogP contribution is 2.15. The van der Waals surface area contributed by atoms with Gasteiger partial charge in [0, 0.05) is 6.42 Å². The molecule has 1 aromatic rings. The number of hydrogen-bond donors (Lipinski definition) is 0. The Hall–Kier alpha value is -1.64. The lowest BCUT2D eigenvalue weighted by Crippen LogP contribution is -2.09. The number of carbonyl (C=O) groups is 2. The molecule has 0 amide bonds. The zero-order valence-corrected chi connectivity index (χ0v) is 10.6. The molecule has 0 heterocycles. The average Bonchev–Trinajstić information content (AvgIpc) is 2.28. The molecule has 17 heavy (non-hydrogen) atoms. The van der Waals surface area contributed by atoms with E-state index in [4.69, 9.17) is 4.74 Å². The van der Waals surface area contributed by atoms with Crippen LogP contribution < -0.4 is 0 Å². The first-order valence-electron chi connectivity index (χ1n) is 5.86. The second kappa shape index (κ2) is 6.18. The summed E-state index contributed by atoms with van der Waals surface area (Å²) in [7, 11) is 0. The van der Waals surface area contributed by atoms with Gasteiger partial charge in [-0.3, -0.25) is 4.79 Å². The van der Waals surface area contributed by atoms with Crippen LogP contribution in [0, 0.1) is 0 Å². The summed E-state index contributed by atoms with van der Waals surface area (Å²) in [6, 6.07) is 5.55. The molecular formula is C14H18O3. The second-order valence-corrected chi connectivity index (χ2v) is 3.94. The van der Waals surface area contributed by atoms with Crippen LogP contribution in [0.4, 0.5) is 0 Å². The Morgan fingerprint density at radius 2 is 1.94 bits per heavy atom. The summed E-state index contributed by atoms with van der Waals surface area (Å²) in [4.78, 5) is 22.8. The van der Waals surface area contributed by atoms with Gasteiger partial charge in [-0.1, -0.05) is 19.1 Å². The zero-order chi connectivity index (χ0) is 12.8. The fraction of sp³-hybridized carbons (Fsp3) is 0.429. The van der Waals surface area contributed by atoms with Gasteiger partial charge in [-0.2, -0.15) is 0 Å². The third-order valence-corrected chi connectivity index (χ3v) is 2.50. The van der Waals surface area contributed by atoms with Gasteiger partial charge in [0.05, 0.1) is 12.2 Å². The molecule has 3 heteroatoms. The molecule has 1 rings (SSSR count). The Bertz CT molecular complexity index is 421. The van der Waals surface area contributed by atoms with Crippen LogP contribution in [-0.4, -0.2) is 18.4 Å². The van der Waals surface area contributed by atoms with Gasteiger partial charge in [0.25, 0.3) is 0 Å². The van der Waals surface area contributed by atoms with Crippen LogP contribution in [-0.2, 0) is 22.4 Å². The molecule has 0 atom stereocenters.